The molecule has 132 valence electrons. The minimum atomic E-state index is -0.522. The van der Waals surface area contributed by atoms with Crippen LogP contribution in [-0.4, -0.2) is 34.3 Å². The van der Waals surface area contributed by atoms with Crippen molar-refractivity contribution < 1.29 is 14.3 Å². The van der Waals surface area contributed by atoms with Crippen LogP contribution in [0.4, 0.5) is 0 Å². The van der Waals surface area contributed by atoms with E-state index in [1.807, 2.05) is 44.2 Å². The van der Waals surface area contributed by atoms with Crippen LogP contribution in [0.15, 0.2) is 30.3 Å². The lowest BCUT2D eigenvalue weighted by atomic mass is 10.2. The molecule has 1 amide bonds. The van der Waals surface area contributed by atoms with Crippen molar-refractivity contribution in [2.45, 2.75) is 39.7 Å². The highest BCUT2D eigenvalue weighted by Crippen LogP contribution is 2.32. The van der Waals surface area contributed by atoms with E-state index in [-0.39, 0.29) is 18.6 Å². The molecule has 1 aliphatic carbocycles. The SMILES string of the molecule is Cc1nn(-c2ccccc2)c(C)c1C(=O)OCC(=O)N[C@H](C)C1CC1. The summed E-state index contributed by atoms with van der Waals surface area (Å²) in [6, 6.07) is 9.72. The fourth-order valence-corrected chi connectivity index (χ4v) is 2.97. The Hall–Kier alpha value is -2.63. The van der Waals surface area contributed by atoms with Crippen molar-refractivity contribution in [3.63, 3.8) is 0 Å². The molecule has 1 aliphatic rings. The molecular formula is C19H23N3O3. The van der Waals surface area contributed by atoms with Crippen molar-refractivity contribution in [1.29, 1.82) is 0 Å². The highest BCUT2D eigenvalue weighted by atomic mass is 16.5. The van der Waals surface area contributed by atoms with E-state index in [4.69, 9.17) is 4.74 Å². The van der Waals surface area contributed by atoms with Crippen LogP contribution in [0.1, 0.15) is 41.5 Å². The van der Waals surface area contributed by atoms with Crippen molar-refractivity contribution in [2.75, 3.05) is 6.61 Å². The Labute approximate surface area is 147 Å². The minimum absolute atomic E-state index is 0.135. The number of carbonyl (C=O) groups excluding carboxylic acids is 2. The quantitative estimate of drug-likeness (QED) is 0.820. The predicted octanol–water partition coefficient (Wildman–Crippen LogP) is 2.56. The van der Waals surface area contributed by atoms with Gasteiger partial charge in [-0.2, -0.15) is 5.10 Å². The zero-order valence-corrected chi connectivity index (χ0v) is 14.8. The summed E-state index contributed by atoms with van der Waals surface area (Å²) in [6.07, 6.45) is 2.30. The largest absolute Gasteiger partial charge is 0.452 e. The first kappa shape index (κ1) is 17.2. The molecule has 0 spiro atoms. The highest BCUT2D eigenvalue weighted by molar-refractivity contribution is 5.93. The Morgan fingerprint density at radius 3 is 2.60 bits per heavy atom. The Balaban J connectivity index is 1.66. The third-order valence-corrected chi connectivity index (χ3v) is 4.55. The molecule has 0 bridgehead atoms. The predicted molar refractivity (Wildman–Crippen MR) is 93.6 cm³/mol. The number of hydrogen-bond donors (Lipinski definition) is 1. The molecule has 25 heavy (non-hydrogen) atoms. The molecule has 3 rings (SSSR count). The number of rotatable bonds is 6. The lowest BCUT2D eigenvalue weighted by molar-refractivity contribution is -0.125. The third kappa shape index (κ3) is 3.90. The van der Waals surface area contributed by atoms with E-state index in [9.17, 15) is 9.59 Å². The van der Waals surface area contributed by atoms with E-state index in [0.29, 0.717) is 22.9 Å². The maximum Gasteiger partial charge on any atom is 0.342 e. The summed E-state index contributed by atoms with van der Waals surface area (Å²) < 4.78 is 6.91. The molecule has 6 nitrogen and oxygen atoms in total. The summed E-state index contributed by atoms with van der Waals surface area (Å²) in [6.45, 7) is 5.29. The first-order chi connectivity index (χ1) is 12.0. The average molecular weight is 341 g/mol. The van der Waals surface area contributed by atoms with Crippen molar-refractivity contribution in [1.82, 2.24) is 15.1 Å². The number of esters is 1. The summed E-state index contributed by atoms with van der Waals surface area (Å²) >= 11 is 0. The smallest absolute Gasteiger partial charge is 0.342 e. The van der Waals surface area contributed by atoms with E-state index >= 15 is 0 Å². The van der Waals surface area contributed by atoms with Crippen molar-refractivity contribution in [3.05, 3.63) is 47.3 Å². The van der Waals surface area contributed by atoms with Crippen LogP contribution in [-0.2, 0) is 9.53 Å². The Morgan fingerprint density at radius 2 is 1.96 bits per heavy atom. The standard InChI is InChI=1S/C19H23N3O3/c1-12(15-9-10-15)20-17(23)11-25-19(24)18-13(2)21-22(14(18)3)16-7-5-4-6-8-16/h4-8,12,15H,9-11H2,1-3H3,(H,20,23)/t12-/m1/s1. The van der Waals surface area contributed by atoms with Crippen LogP contribution >= 0.6 is 0 Å². The molecule has 1 atom stereocenters. The fraction of sp³-hybridized carbons (Fsp3) is 0.421. The van der Waals surface area contributed by atoms with Gasteiger partial charge in [0.05, 0.1) is 17.1 Å². The number of nitrogens with one attached hydrogen (secondary N) is 1. The van der Waals surface area contributed by atoms with E-state index in [2.05, 4.69) is 10.4 Å². The molecule has 1 aromatic carbocycles. The Bertz CT molecular complexity index is 779. The average Bonchev–Trinajstić information content (AvgIpc) is 3.39. The lowest BCUT2D eigenvalue weighted by Crippen LogP contribution is -2.37. The summed E-state index contributed by atoms with van der Waals surface area (Å²) in [5.41, 5.74) is 2.56. The molecule has 0 aliphatic heterocycles. The second-order valence-electron chi connectivity index (χ2n) is 6.56. The summed E-state index contributed by atoms with van der Waals surface area (Å²) in [5.74, 6) is -0.224. The summed E-state index contributed by atoms with van der Waals surface area (Å²) in [5, 5.41) is 7.30. The molecule has 2 aromatic rings. The van der Waals surface area contributed by atoms with Crippen LogP contribution in [0.25, 0.3) is 5.69 Å². The number of amides is 1. The number of aryl methyl sites for hydroxylation is 1. The lowest BCUT2D eigenvalue weighted by Gasteiger charge is -2.12. The molecule has 1 aromatic heterocycles. The van der Waals surface area contributed by atoms with Gasteiger partial charge in [0.25, 0.3) is 5.91 Å². The van der Waals surface area contributed by atoms with Gasteiger partial charge in [-0.3, -0.25) is 4.79 Å². The fourth-order valence-electron chi connectivity index (χ4n) is 2.97. The summed E-state index contributed by atoms with van der Waals surface area (Å²) in [7, 11) is 0. The maximum absolute atomic E-state index is 12.4. The second-order valence-corrected chi connectivity index (χ2v) is 6.56. The normalized spacial score (nSPS) is 14.8. The highest BCUT2D eigenvalue weighted by Gasteiger charge is 2.29. The monoisotopic (exact) mass is 341 g/mol. The molecule has 1 fully saturated rings. The van der Waals surface area contributed by atoms with Crippen LogP contribution < -0.4 is 5.32 Å². The molecule has 0 radical (unpaired) electrons. The number of carbonyl (C=O) groups is 2. The molecule has 1 N–H and O–H groups in total. The van der Waals surface area contributed by atoms with Gasteiger partial charge in [0, 0.05) is 6.04 Å². The van der Waals surface area contributed by atoms with Gasteiger partial charge >= 0.3 is 5.97 Å². The number of aromatic nitrogens is 2. The molecular weight excluding hydrogens is 318 g/mol. The van der Waals surface area contributed by atoms with Crippen molar-refractivity contribution >= 4 is 11.9 Å². The number of nitrogens with zero attached hydrogens (tertiary/aromatic N) is 2. The first-order valence-electron chi connectivity index (χ1n) is 8.55. The second kappa shape index (κ2) is 7.09. The van der Waals surface area contributed by atoms with Gasteiger partial charge in [0.15, 0.2) is 6.61 Å². The topological polar surface area (TPSA) is 73.2 Å². The molecule has 0 saturated heterocycles. The van der Waals surface area contributed by atoms with E-state index < -0.39 is 5.97 Å². The van der Waals surface area contributed by atoms with Gasteiger partial charge in [-0.25, -0.2) is 9.48 Å². The number of ether oxygens (including phenoxy) is 1. The minimum Gasteiger partial charge on any atom is -0.452 e. The zero-order chi connectivity index (χ0) is 18.0. The van der Waals surface area contributed by atoms with Crippen LogP contribution in [0.2, 0.25) is 0 Å². The number of benzene rings is 1. The van der Waals surface area contributed by atoms with Crippen LogP contribution in [0, 0.1) is 19.8 Å². The number of hydrogen-bond acceptors (Lipinski definition) is 4. The van der Waals surface area contributed by atoms with E-state index in [0.717, 1.165) is 18.5 Å². The summed E-state index contributed by atoms with van der Waals surface area (Å²) in [4.78, 5) is 24.3. The Morgan fingerprint density at radius 1 is 1.28 bits per heavy atom. The van der Waals surface area contributed by atoms with Gasteiger partial charge in [0.2, 0.25) is 0 Å². The molecule has 0 unspecified atom stereocenters. The van der Waals surface area contributed by atoms with Crippen molar-refractivity contribution in [3.8, 4) is 5.69 Å². The maximum atomic E-state index is 12.4. The molecule has 1 heterocycles. The third-order valence-electron chi connectivity index (χ3n) is 4.55. The van der Waals surface area contributed by atoms with Crippen molar-refractivity contribution in [2.24, 2.45) is 5.92 Å². The first-order valence-corrected chi connectivity index (χ1v) is 8.55. The Kier molecular flexibility index (Phi) is 4.88. The van der Waals surface area contributed by atoms with Crippen LogP contribution in [0.5, 0.6) is 0 Å². The number of para-hydroxylation sites is 1. The molecule has 6 heteroatoms. The van der Waals surface area contributed by atoms with E-state index in [1.54, 1.807) is 11.6 Å². The van der Waals surface area contributed by atoms with Gasteiger partial charge < -0.3 is 10.1 Å². The van der Waals surface area contributed by atoms with Crippen LogP contribution in [0.3, 0.4) is 0 Å². The van der Waals surface area contributed by atoms with Gasteiger partial charge in [-0.15, -0.1) is 0 Å². The van der Waals surface area contributed by atoms with Gasteiger partial charge in [-0.05, 0) is 51.7 Å². The van der Waals surface area contributed by atoms with Gasteiger partial charge in [0.1, 0.15) is 5.56 Å². The molecule has 1 saturated carbocycles. The van der Waals surface area contributed by atoms with E-state index in [1.165, 1.54) is 0 Å². The zero-order valence-electron chi connectivity index (χ0n) is 14.8. The van der Waals surface area contributed by atoms with Gasteiger partial charge in [-0.1, -0.05) is 18.2 Å².